The molecular weight excluding hydrogens is 437 g/mol. The Labute approximate surface area is 180 Å². The van der Waals surface area contributed by atoms with Crippen LogP contribution in [-0.4, -0.2) is 33.6 Å². The molecule has 1 heterocycles. The molecule has 11 heteroatoms. The van der Waals surface area contributed by atoms with Crippen molar-refractivity contribution < 1.29 is 27.5 Å². The third-order valence-corrected chi connectivity index (χ3v) is 4.52. The van der Waals surface area contributed by atoms with Crippen LogP contribution >= 0.6 is 11.6 Å². The lowest BCUT2D eigenvalue weighted by molar-refractivity contribution is -0.141. The quantitative estimate of drug-likeness (QED) is 0.638. The second kappa shape index (κ2) is 9.25. The van der Waals surface area contributed by atoms with E-state index in [4.69, 9.17) is 16.3 Å². The van der Waals surface area contributed by atoms with Crippen molar-refractivity contribution in [1.29, 1.82) is 0 Å². The average Bonchev–Trinajstić information content (AvgIpc) is 3.12. The zero-order valence-electron chi connectivity index (χ0n) is 16.2. The number of amides is 2. The summed E-state index contributed by atoms with van der Waals surface area (Å²) in [5.74, 6) is -1.08. The number of aromatic nitrogens is 2. The molecular formula is C20H18ClF3N4O3. The highest BCUT2D eigenvalue weighted by molar-refractivity contribution is 6.25. The maximum atomic E-state index is 13.1. The van der Waals surface area contributed by atoms with E-state index in [1.165, 1.54) is 13.0 Å². The highest BCUT2D eigenvalue weighted by Gasteiger charge is 2.36. The van der Waals surface area contributed by atoms with Crippen molar-refractivity contribution >= 4 is 40.5 Å². The van der Waals surface area contributed by atoms with Gasteiger partial charge < -0.3 is 15.4 Å². The van der Waals surface area contributed by atoms with Gasteiger partial charge in [-0.25, -0.2) is 4.68 Å². The van der Waals surface area contributed by atoms with Crippen molar-refractivity contribution in [3.8, 4) is 5.88 Å². The summed E-state index contributed by atoms with van der Waals surface area (Å²) in [6.45, 7) is 0.820. The molecule has 1 atom stereocenters. The van der Waals surface area contributed by atoms with Crippen LogP contribution in [-0.2, 0) is 15.8 Å². The molecule has 0 fully saturated rings. The van der Waals surface area contributed by atoms with E-state index in [0.29, 0.717) is 23.5 Å². The molecule has 1 unspecified atom stereocenters. The minimum Gasteiger partial charge on any atom is -0.467 e. The van der Waals surface area contributed by atoms with Crippen LogP contribution in [0.5, 0.6) is 5.88 Å². The van der Waals surface area contributed by atoms with Crippen LogP contribution in [0.15, 0.2) is 48.6 Å². The van der Waals surface area contributed by atoms with E-state index in [2.05, 4.69) is 15.7 Å². The second-order valence-electron chi connectivity index (χ2n) is 6.60. The standard InChI is InChI=1S/C20H18ClF3N4O3/c1-12(29)25-13-6-8-14(9-7-13)26-18(30)11-31-19-10-17(20(22,23)24)27-28(19)16-5-3-2-4-15(16)21/h2-3,5-10,15H,4,11H2,1H3,(H,25,29)(H,26,30). The summed E-state index contributed by atoms with van der Waals surface area (Å²) in [5, 5.41) is 8.12. The van der Waals surface area contributed by atoms with Crippen molar-refractivity contribution in [1.82, 2.24) is 9.78 Å². The highest BCUT2D eigenvalue weighted by atomic mass is 35.5. The van der Waals surface area contributed by atoms with Crippen molar-refractivity contribution in [2.45, 2.75) is 24.9 Å². The number of halogens is 4. The molecule has 7 nitrogen and oxygen atoms in total. The summed E-state index contributed by atoms with van der Waals surface area (Å²) in [6.07, 6.45) is 0.708. The fraction of sp³-hybridized carbons (Fsp3) is 0.250. The van der Waals surface area contributed by atoms with Gasteiger partial charge in [0, 0.05) is 24.4 Å². The van der Waals surface area contributed by atoms with Gasteiger partial charge in [0.2, 0.25) is 11.8 Å². The van der Waals surface area contributed by atoms with Crippen molar-refractivity contribution in [3.05, 3.63) is 54.3 Å². The molecule has 2 amide bonds. The Balaban J connectivity index is 1.71. The second-order valence-corrected chi connectivity index (χ2v) is 7.12. The van der Waals surface area contributed by atoms with E-state index >= 15 is 0 Å². The molecule has 0 bridgehead atoms. The largest absolute Gasteiger partial charge is 0.467 e. The Hall–Kier alpha value is -3.27. The van der Waals surface area contributed by atoms with Crippen molar-refractivity contribution in [3.63, 3.8) is 0 Å². The van der Waals surface area contributed by atoms with E-state index < -0.39 is 29.8 Å². The summed E-state index contributed by atoms with van der Waals surface area (Å²) in [4.78, 5) is 23.2. The Morgan fingerprint density at radius 3 is 2.45 bits per heavy atom. The first-order valence-electron chi connectivity index (χ1n) is 9.12. The number of carbonyl (C=O) groups excluding carboxylic acids is 2. The number of benzene rings is 1. The van der Waals surface area contributed by atoms with Gasteiger partial charge in [-0.1, -0.05) is 12.2 Å². The number of hydrogen-bond acceptors (Lipinski definition) is 4. The van der Waals surface area contributed by atoms with E-state index in [0.717, 1.165) is 10.7 Å². The molecule has 164 valence electrons. The first kappa shape index (κ1) is 22.4. The monoisotopic (exact) mass is 454 g/mol. The Kier molecular flexibility index (Phi) is 6.69. The predicted molar refractivity (Wildman–Crippen MR) is 110 cm³/mol. The van der Waals surface area contributed by atoms with Crippen molar-refractivity contribution in [2.24, 2.45) is 0 Å². The molecule has 0 radical (unpaired) electrons. The lowest BCUT2D eigenvalue weighted by atomic mass is 10.1. The number of hydrogen-bond donors (Lipinski definition) is 2. The summed E-state index contributed by atoms with van der Waals surface area (Å²) in [6, 6.07) is 7.02. The van der Waals surface area contributed by atoms with Gasteiger partial charge in [-0.15, -0.1) is 11.6 Å². The van der Waals surface area contributed by atoms with Crippen LogP contribution in [0.2, 0.25) is 0 Å². The van der Waals surface area contributed by atoms with Crippen LogP contribution in [0.25, 0.3) is 5.70 Å². The number of ether oxygens (including phenoxy) is 1. The predicted octanol–water partition coefficient (Wildman–Crippen LogP) is 4.29. The van der Waals surface area contributed by atoms with Crippen LogP contribution in [0.3, 0.4) is 0 Å². The summed E-state index contributed by atoms with van der Waals surface area (Å²) < 4.78 is 45.7. The number of nitrogens with zero attached hydrogens (tertiary/aromatic N) is 2. The Bertz CT molecular complexity index is 1030. The number of nitrogens with one attached hydrogen (secondary N) is 2. The molecule has 1 aromatic carbocycles. The smallest absolute Gasteiger partial charge is 0.435 e. The minimum atomic E-state index is -4.69. The number of allylic oxidation sites excluding steroid dienone is 4. The SMILES string of the molecule is CC(=O)Nc1ccc(NC(=O)COc2cc(C(F)(F)F)nn2C2=CC=CCC2Cl)cc1. The van der Waals surface area contributed by atoms with Crippen LogP contribution in [0.1, 0.15) is 19.0 Å². The number of anilines is 2. The maximum Gasteiger partial charge on any atom is 0.435 e. The number of carbonyl (C=O) groups is 2. The lowest BCUT2D eigenvalue weighted by Gasteiger charge is -2.17. The molecule has 1 aliphatic carbocycles. The average molecular weight is 455 g/mol. The highest BCUT2D eigenvalue weighted by Crippen LogP contribution is 2.34. The third-order valence-electron chi connectivity index (χ3n) is 4.12. The molecule has 1 aliphatic rings. The van der Waals surface area contributed by atoms with Gasteiger partial charge in [-0.3, -0.25) is 9.59 Å². The molecule has 0 saturated carbocycles. The molecule has 1 aromatic heterocycles. The Morgan fingerprint density at radius 2 is 1.87 bits per heavy atom. The van der Waals surface area contributed by atoms with Gasteiger partial charge in [0.05, 0.1) is 11.1 Å². The van der Waals surface area contributed by atoms with Gasteiger partial charge in [0.1, 0.15) is 0 Å². The van der Waals surface area contributed by atoms with Crippen LogP contribution in [0.4, 0.5) is 24.5 Å². The van der Waals surface area contributed by atoms with Crippen LogP contribution in [0, 0.1) is 0 Å². The number of alkyl halides is 4. The third kappa shape index (κ3) is 5.88. The molecule has 2 aromatic rings. The summed E-state index contributed by atoms with van der Waals surface area (Å²) in [5.41, 5.74) is 0.128. The molecule has 0 aliphatic heterocycles. The fourth-order valence-electron chi connectivity index (χ4n) is 2.76. The van der Waals surface area contributed by atoms with Crippen molar-refractivity contribution in [2.75, 3.05) is 17.2 Å². The zero-order valence-corrected chi connectivity index (χ0v) is 17.0. The summed E-state index contributed by atoms with van der Waals surface area (Å²) in [7, 11) is 0. The maximum absolute atomic E-state index is 13.1. The van der Waals surface area contributed by atoms with Crippen LogP contribution < -0.4 is 15.4 Å². The molecule has 2 N–H and O–H groups in total. The topological polar surface area (TPSA) is 85.2 Å². The van der Waals surface area contributed by atoms with Gasteiger partial charge in [-0.2, -0.15) is 18.3 Å². The molecule has 0 saturated heterocycles. The van der Waals surface area contributed by atoms with E-state index in [-0.39, 0.29) is 11.8 Å². The lowest BCUT2D eigenvalue weighted by Crippen LogP contribution is -2.22. The van der Waals surface area contributed by atoms with Gasteiger partial charge >= 0.3 is 6.18 Å². The van der Waals surface area contributed by atoms with Gasteiger partial charge in [-0.05, 0) is 36.8 Å². The normalized spacial score (nSPS) is 15.9. The molecule has 31 heavy (non-hydrogen) atoms. The van der Waals surface area contributed by atoms with E-state index in [1.54, 1.807) is 36.4 Å². The molecule has 0 spiro atoms. The Morgan fingerprint density at radius 1 is 1.23 bits per heavy atom. The first-order chi connectivity index (χ1) is 14.6. The minimum absolute atomic E-state index is 0.234. The van der Waals surface area contributed by atoms with Gasteiger partial charge in [0.15, 0.2) is 12.3 Å². The number of rotatable bonds is 6. The summed E-state index contributed by atoms with van der Waals surface area (Å²) >= 11 is 6.20. The first-order valence-corrected chi connectivity index (χ1v) is 9.56. The van der Waals surface area contributed by atoms with Gasteiger partial charge in [0.25, 0.3) is 5.91 Å². The zero-order chi connectivity index (χ0) is 22.6. The fourth-order valence-corrected chi connectivity index (χ4v) is 3.03. The van der Waals surface area contributed by atoms with E-state index in [9.17, 15) is 22.8 Å². The van der Waals surface area contributed by atoms with E-state index in [1.807, 2.05) is 0 Å². The molecule has 3 rings (SSSR count).